The largest absolute Gasteiger partial charge is 0.437 e. The summed E-state index contributed by atoms with van der Waals surface area (Å²) >= 11 is 0. The first-order valence-electron chi connectivity index (χ1n) is 11.2. The van der Waals surface area contributed by atoms with Crippen LogP contribution in [0.25, 0.3) is 33.2 Å². The van der Waals surface area contributed by atoms with Crippen molar-refractivity contribution in [2.75, 3.05) is 10.6 Å². The Morgan fingerprint density at radius 2 is 1.82 bits per heavy atom. The van der Waals surface area contributed by atoms with E-state index in [0.717, 1.165) is 28.9 Å². The van der Waals surface area contributed by atoms with Gasteiger partial charge in [0.1, 0.15) is 11.5 Å². The molecule has 6 aromatic rings. The van der Waals surface area contributed by atoms with Crippen molar-refractivity contribution in [3.63, 3.8) is 0 Å². The van der Waals surface area contributed by atoms with Gasteiger partial charge in [0.15, 0.2) is 11.5 Å². The lowest BCUT2D eigenvalue weighted by molar-refractivity contribution is -0.141. The van der Waals surface area contributed by atoms with Crippen molar-refractivity contribution in [2.45, 2.75) is 6.18 Å². The lowest BCUT2D eigenvalue weighted by Gasteiger charge is -2.10. The zero-order chi connectivity index (χ0) is 26.3. The van der Waals surface area contributed by atoms with E-state index in [9.17, 15) is 18.0 Å². The van der Waals surface area contributed by atoms with Crippen molar-refractivity contribution in [3.05, 3.63) is 84.6 Å². The number of carbonyl (C=O) groups excluding carboxylic acids is 1. The van der Waals surface area contributed by atoms with Gasteiger partial charge in [0.2, 0.25) is 0 Å². The maximum absolute atomic E-state index is 13.2. The van der Waals surface area contributed by atoms with Gasteiger partial charge in [-0.25, -0.2) is 9.97 Å². The first-order chi connectivity index (χ1) is 18.3. The minimum atomic E-state index is -4.76. The highest BCUT2D eigenvalue weighted by atomic mass is 19.4. The van der Waals surface area contributed by atoms with Crippen LogP contribution in [0.15, 0.2) is 73.2 Å². The summed E-state index contributed by atoms with van der Waals surface area (Å²) in [4.78, 5) is 24.6. The third kappa shape index (κ3) is 4.48. The molecule has 0 aliphatic carbocycles. The van der Waals surface area contributed by atoms with E-state index in [2.05, 4.69) is 46.0 Å². The molecule has 10 nitrogen and oxygen atoms in total. The number of halogens is 3. The lowest BCUT2D eigenvalue weighted by Crippen LogP contribution is -2.18. The molecule has 0 atom stereocenters. The number of hydrogen-bond donors (Lipinski definition) is 4. The maximum atomic E-state index is 13.2. The van der Waals surface area contributed by atoms with Crippen LogP contribution in [0.5, 0.6) is 0 Å². The molecule has 0 radical (unpaired) electrons. The maximum Gasteiger partial charge on any atom is 0.437 e. The molecule has 2 aromatic carbocycles. The number of carbonyl (C=O) groups is 1. The van der Waals surface area contributed by atoms with Gasteiger partial charge in [0, 0.05) is 33.7 Å². The minimum Gasteiger partial charge on any atom is -0.350 e. The van der Waals surface area contributed by atoms with Crippen molar-refractivity contribution in [3.8, 4) is 11.4 Å². The molecule has 1 amide bonds. The number of hydrogen-bond acceptors (Lipinski definition) is 7. The number of nitrogens with zero attached hydrogens (tertiary/aromatic N) is 5. The van der Waals surface area contributed by atoms with Crippen LogP contribution >= 0.6 is 0 Å². The van der Waals surface area contributed by atoms with Gasteiger partial charge in [-0.1, -0.05) is 12.1 Å². The second-order valence-electron chi connectivity index (χ2n) is 8.29. The van der Waals surface area contributed by atoms with Crippen LogP contribution in [0, 0.1) is 0 Å². The highest BCUT2D eigenvalue weighted by Crippen LogP contribution is 2.33. The number of nitrogens with one attached hydrogen (secondary N) is 4. The van der Waals surface area contributed by atoms with Gasteiger partial charge in [-0.3, -0.25) is 9.89 Å². The van der Waals surface area contributed by atoms with E-state index in [4.69, 9.17) is 0 Å². The van der Waals surface area contributed by atoms with E-state index in [1.807, 2.05) is 18.2 Å². The second kappa shape index (κ2) is 8.96. The Morgan fingerprint density at radius 1 is 0.921 bits per heavy atom. The molecule has 6 rings (SSSR count). The zero-order valence-corrected chi connectivity index (χ0v) is 19.2. The van der Waals surface area contributed by atoms with E-state index >= 15 is 0 Å². The molecule has 13 heteroatoms. The number of amides is 1. The summed E-state index contributed by atoms with van der Waals surface area (Å²) in [5.41, 5.74) is 1.33. The molecule has 0 unspecified atom stereocenters. The smallest absolute Gasteiger partial charge is 0.350 e. The van der Waals surface area contributed by atoms with E-state index in [1.165, 1.54) is 0 Å². The second-order valence-corrected chi connectivity index (χ2v) is 8.29. The Bertz CT molecular complexity index is 1810. The molecule has 0 bridgehead atoms. The van der Waals surface area contributed by atoms with Crippen molar-refractivity contribution in [1.82, 2.24) is 35.3 Å². The molecule has 4 N–H and O–H groups in total. The van der Waals surface area contributed by atoms with Crippen LogP contribution in [-0.2, 0) is 6.18 Å². The Balaban J connectivity index is 1.24. The topological polar surface area (TPSA) is 137 Å². The number of fused-ring (bicyclic) bond motifs is 2. The van der Waals surface area contributed by atoms with Crippen LogP contribution in [-0.4, -0.2) is 41.3 Å². The minimum absolute atomic E-state index is 0.0769. The highest BCUT2D eigenvalue weighted by Gasteiger charge is 2.36. The summed E-state index contributed by atoms with van der Waals surface area (Å²) in [6.07, 6.45) is -0.336. The van der Waals surface area contributed by atoms with Crippen LogP contribution in [0.3, 0.4) is 0 Å². The lowest BCUT2D eigenvalue weighted by atomic mass is 10.1. The van der Waals surface area contributed by atoms with E-state index in [-0.39, 0.29) is 5.69 Å². The van der Waals surface area contributed by atoms with Gasteiger partial charge in [0.25, 0.3) is 5.91 Å². The quantitative estimate of drug-likeness (QED) is 0.244. The average Bonchev–Trinajstić information content (AvgIpc) is 3.55. The van der Waals surface area contributed by atoms with Gasteiger partial charge >= 0.3 is 6.18 Å². The van der Waals surface area contributed by atoms with E-state index in [1.54, 1.807) is 42.7 Å². The molecule has 0 aliphatic heterocycles. The average molecular weight is 515 g/mol. The fourth-order valence-electron chi connectivity index (χ4n) is 3.96. The number of alkyl halides is 3. The number of benzene rings is 2. The van der Waals surface area contributed by atoms with Gasteiger partial charge in [-0.05, 0) is 42.5 Å². The molecule has 188 valence electrons. The Hall–Kier alpha value is -5.33. The fraction of sp³-hybridized carbons (Fsp3) is 0.0400. The van der Waals surface area contributed by atoms with Crippen molar-refractivity contribution in [2.24, 2.45) is 0 Å². The monoisotopic (exact) mass is 515 g/mol. The molecule has 0 saturated carbocycles. The fourth-order valence-corrected chi connectivity index (χ4v) is 3.96. The van der Waals surface area contributed by atoms with Crippen LogP contribution in [0.1, 0.15) is 16.2 Å². The molecule has 4 heterocycles. The number of H-pyrrole nitrogens is 2. The normalized spacial score (nSPS) is 11.7. The summed E-state index contributed by atoms with van der Waals surface area (Å²) in [6, 6.07) is 15.4. The zero-order valence-electron chi connectivity index (χ0n) is 19.2. The summed E-state index contributed by atoms with van der Waals surface area (Å²) in [7, 11) is 0. The number of anilines is 3. The van der Waals surface area contributed by atoms with Crippen molar-refractivity contribution < 1.29 is 18.0 Å². The van der Waals surface area contributed by atoms with Crippen molar-refractivity contribution >= 4 is 44.9 Å². The van der Waals surface area contributed by atoms with Crippen LogP contribution in [0.2, 0.25) is 0 Å². The van der Waals surface area contributed by atoms with Crippen molar-refractivity contribution in [1.29, 1.82) is 0 Å². The molecule has 0 saturated heterocycles. The van der Waals surface area contributed by atoms with Crippen LogP contribution in [0.4, 0.5) is 30.4 Å². The molecular weight excluding hydrogens is 499 g/mol. The predicted octanol–water partition coefficient (Wildman–Crippen LogP) is 5.31. The summed E-state index contributed by atoms with van der Waals surface area (Å²) < 4.78 is 39.6. The summed E-state index contributed by atoms with van der Waals surface area (Å²) in [6.45, 7) is 0. The standard InChI is InChI=1S/C25H16F3N9O/c26-25(27,28)22-18(5-8-30-37-22)34-24(38)20-10-13-1-2-14(11-19(13)33-20)23-29-7-6-21(35-23)32-16-3-4-17-15(9-16)12-31-36-17/h1-12,33H,(H,31,36)(H,29,32,35)(H,30,34,38). The van der Waals surface area contributed by atoms with E-state index in [0.29, 0.717) is 28.1 Å². The van der Waals surface area contributed by atoms with E-state index < -0.39 is 23.5 Å². The third-order valence-corrected chi connectivity index (χ3v) is 5.73. The molecule has 38 heavy (non-hydrogen) atoms. The predicted molar refractivity (Wildman–Crippen MR) is 134 cm³/mol. The highest BCUT2D eigenvalue weighted by molar-refractivity contribution is 6.06. The molecule has 0 aliphatic rings. The number of aromatic amines is 2. The number of rotatable bonds is 5. The Labute approximate surface area is 211 Å². The van der Waals surface area contributed by atoms with Gasteiger partial charge in [-0.15, -0.1) is 5.10 Å². The SMILES string of the molecule is O=C(Nc1ccnnc1C(F)(F)F)c1cc2ccc(-c3nccc(Nc4ccc5[nH]ncc5c4)n3)cc2[nH]1. The third-order valence-electron chi connectivity index (χ3n) is 5.73. The molecule has 0 spiro atoms. The van der Waals surface area contributed by atoms with Gasteiger partial charge < -0.3 is 15.6 Å². The summed E-state index contributed by atoms with van der Waals surface area (Å²) in [5.74, 6) is 0.272. The molecule has 4 aromatic heterocycles. The summed E-state index contributed by atoms with van der Waals surface area (Å²) in [5, 5.41) is 20.4. The van der Waals surface area contributed by atoms with Gasteiger partial charge in [-0.2, -0.15) is 23.4 Å². The first-order valence-corrected chi connectivity index (χ1v) is 11.2. The number of aromatic nitrogens is 7. The van der Waals surface area contributed by atoms with Crippen LogP contribution < -0.4 is 10.6 Å². The molecular formula is C25H16F3N9O. The Morgan fingerprint density at radius 3 is 2.68 bits per heavy atom. The molecule has 0 fully saturated rings. The van der Waals surface area contributed by atoms with Gasteiger partial charge in [0.05, 0.1) is 23.6 Å². The Kier molecular flexibility index (Phi) is 5.44. The first kappa shape index (κ1) is 23.1.